The summed E-state index contributed by atoms with van der Waals surface area (Å²) in [6, 6.07) is 0. The Kier molecular flexibility index (Phi) is 40.1. The smallest absolute Gasteiger partial charge is 0.397 e. The van der Waals surface area contributed by atoms with Crippen LogP contribution < -0.4 is 0 Å². The first-order valence-corrected chi connectivity index (χ1v) is 26.4. The monoisotopic (exact) mass is 949 g/mol. The van der Waals surface area contributed by atoms with Crippen LogP contribution in [-0.2, 0) is 38.3 Å². The number of esters is 1. The van der Waals surface area contributed by atoms with E-state index in [4.69, 9.17) is 18.9 Å². The second-order valence-electron chi connectivity index (χ2n) is 16.6. The third-order valence-electron chi connectivity index (χ3n) is 10.7. The fraction of sp³-hybridized carbons (Fsp3) is 0.679. The molecular formula is C53H88O12S. The zero-order valence-corrected chi connectivity index (χ0v) is 41.3. The van der Waals surface area contributed by atoms with Crippen LogP contribution in [0.5, 0.6) is 0 Å². The van der Waals surface area contributed by atoms with E-state index in [9.17, 15) is 33.1 Å². The summed E-state index contributed by atoms with van der Waals surface area (Å²) in [4.78, 5) is 12.9. The molecule has 0 saturated carbocycles. The first-order valence-electron chi connectivity index (χ1n) is 25.0. The Balaban J connectivity index is 2.37. The normalized spacial score (nSPS) is 20.4. The molecule has 0 aromatic rings. The first-order chi connectivity index (χ1) is 32.1. The predicted octanol–water partition coefficient (Wildman–Crippen LogP) is 11.4. The largest absolute Gasteiger partial charge is 0.457 e. The highest BCUT2D eigenvalue weighted by molar-refractivity contribution is 7.80. The zero-order valence-electron chi connectivity index (χ0n) is 40.5. The van der Waals surface area contributed by atoms with Crippen LogP contribution in [0.25, 0.3) is 0 Å². The summed E-state index contributed by atoms with van der Waals surface area (Å²) >= 11 is 0. The van der Waals surface area contributed by atoms with Gasteiger partial charge in [-0.1, -0.05) is 169 Å². The van der Waals surface area contributed by atoms with Crippen LogP contribution in [0.1, 0.15) is 168 Å². The Labute approximate surface area is 399 Å². The van der Waals surface area contributed by atoms with Gasteiger partial charge in [0.2, 0.25) is 0 Å². The molecule has 0 bridgehead atoms. The van der Waals surface area contributed by atoms with Crippen molar-refractivity contribution in [2.45, 2.75) is 205 Å². The number of aliphatic hydroxyl groups excluding tert-OH is 3. The molecule has 0 spiro atoms. The number of unbranched alkanes of at least 4 members (excludes halogenated alkanes) is 13. The molecule has 1 heterocycles. The minimum atomic E-state index is -5.08. The van der Waals surface area contributed by atoms with Gasteiger partial charge in [0.1, 0.15) is 30.5 Å². The molecule has 12 nitrogen and oxygen atoms in total. The zero-order chi connectivity index (χ0) is 48.2. The molecule has 0 radical (unpaired) electrons. The molecule has 1 saturated heterocycles. The highest BCUT2D eigenvalue weighted by atomic mass is 32.3. The quantitative estimate of drug-likeness (QED) is 0.0197. The molecule has 13 heteroatoms. The van der Waals surface area contributed by atoms with Crippen molar-refractivity contribution in [3.63, 3.8) is 0 Å². The number of aliphatic hydroxyl groups is 3. The van der Waals surface area contributed by atoms with E-state index in [1.54, 1.807) is 0 Å². The highest BCUT2D eigenvalue weighted by Gasteiger charge is 2.48. The number of carbonyl (C=O) groups is 1. The molecule has 4 N–H and O–H groups in total. The molecule has 0 amide bonds. The second-order valence-corrected chi connectivity index (χ2v) is 17.7. The highest BCUT2D eigenvalue weighted by Crippen LogP contribution is 2.26. The Morgan fingerprint density at radius 3 is 1.45 bits per heavy atom. The Hall–Kier alpha value is -2.98. The molecule has 0 aromatic heterocycles. The van der Waals surface area contributed by atoms with Crippen molar-refractivity contribution < 1.29 is 56.2 Å². The SMILES string of the molecule is CC/C=C\C/C=C\C/C=C\C/C=C\CCCCCCCCCCCCCOCC(COC1OC(CO)C(O)C(OS(=O)(=O)O)C1O)OC(=O)CCCC/C=C\C/C=C\C/C=C\C/C=C\CC. The van der Waals surface area contributed by atoms with Gasteiger partial charge in [-0.2, -0.15) is 8.42 Å². The van der Waals surface area contributed by atoms with E-state index in [1.807, 2.05) is 0 Å². The van der Waals surface area contributed by atoms with E-state index in [0.717, 1.165) is 89.9 Å². The van der Waals surface area contributed by atoms with Crippen LogP contribution in [0.15, 0.2) is 97.2 Å². The van der Waals surface area contributed by atoms with Crippen LogP contribution in [0.4, 0.5) is 0 Å². The van der Waals surface area contributed by atoms with Gasteiger partial charge >= 0.3 is 16.4 Å². The second kappa shape index (κ2) is 43.3. The average molecular weight is 949 g/mol. The van der Waals surface area contributed by atoms with Crippen molar-refractivity contribution in [2.75, 3.05) is 26.4 Å². The lowest BCUT2D eigenvalue weighted by Crippen LogP contribution is -2.60. The lowest BCUT2D eigenvalue weighted by molar-refractivity contribution is -0.301. The lowest BCUT2D eigenvalue weighted by Gasteiger charge is -2.41. The fourth-order valence-electron chi connectivity index (χ4n) is 7.01. The van der Waals surface area contributed by atoms with Gasteiger partial charge < -0.3 is 34.3 Å². The van der Waals surface area contributed by atoms with Gasteiger partial charge in [-0.05, 0) is 89.9 Å². The van der Waals surface area contributed by atoms with Gasteiger partial charge in [0.05, 0.1) is 19.8 Å². The van der Waals surface area contributed by atoms with E-state index in [0.29, 0.717) is 13.0 Å². The summed E-state index contributed by atoms with van der Waals surface area (Å²) in [7, 11) is -5.08. The Bertz CT molecular complexity index is 1520. The van der Waals surface area contributed by atoms with Crippen molar-refractivity contribution in [3.05, 3.63) is 97.2 Å². The third-order valence-corrected chi connectivity index (χ3v) is 11.2. The van der Waals surface area contributed by atoms with Gasteiger partial charge in [0.25, 0.3) is 0 Å². The number of allylic oxidation sites excluding steroid dienone is 16. The molecule has 1 fully saturated rings. The molecule has 1 aliphatic heterocycles. The molecule has 0 aromatic carbocycles. The molecule has 6 unspecified atom stereocenters. The summed E-state index contributed by atoms with van der Waals surface area (Å²) in [6.07, 6.45) is 50.2. The summed E-state index contributed by atoms with van der Waals surface area (Å²) in [6.45, 7) is 3.69. The summed E-state index contributed by atoms with van der Waals surface area (Å²) < 4.78 is 59.1. The van der Waals surface area contributed by atoms with Crippen LogP contribution in [0.2, 0.25) is 0 Å². The Morgan fingerprint density at radius 2 is 1.00 bits per heavy atom. The van der Waals surface area contributed by atoms with Crippen molar-refractivity contribution in [1.82, 2.24) is 0 Å². The van der Waals surface area contributed by atoms with Crippen molar-refractivity contribution in [2.24, 2.45) is 0 Å². The van der Waals surface area contributed by atoms with Gasteiger partial charge in [0.15, 0.2) is 6.29 Å². The molecule has 378 valence electrons. The van der Waals surface area contributed by atoms with E-state index in [1.165, 1.54) is 51.4 Å². The van der Waals surface area contributed by atoms with Crippen LogP contribution in [0.3, 0.4) is 0 Å². The minimum Gasteiger partial charge on any atom is -0.457 e. The molecule has 6 atom stereocenters. The summed E-state index contributed by atoms with van der Waals surface area (Å²) in [5.74, 6) is -0.444. The van der Waals surface area contributed by atoms with Gasteiger partial charge in [-0.15, -0.1) is 0 Å². The van der Waals surface area contributed by atoms with Crippen molar-refractivity contribution in [3.8, 4) is 0 Å². The van der Waals surface area contributed by atoms with Crippen LogP contribution >= 0.6 is 0 Å². The maximum absolute atomic E-state index is 12.9. The standard InChI is InChI=1S/C53H88O12S/c1-3-5-7-9-11-13-15-17-19-20-21-22-23-24-25-26-27-29-31-33-35-37-39-41-43-61-45-47(46-62-53-51(57)52(65-66(58,59)60)50(56)48(44-54)64-53)63-49(55)42-40-38-36-34-32-30-28-18-16-14-12-10-8-6-4-2/h5-8,11-14,17-19,21-22,28,32,34,47-48,50-54,56-57H,3-4,9-10,15-16,20,23-27,29-31,33,35-46H2,1-2H3,(H,58,59,60)/b7-5-,8-6-,13-11-,14-12-,19-17-,22-21-,28-18-,34-32-. The summed E-state index contributed by atoms with van der Waals surface area (Å²) in [5, 5.41) is 30.7. The maximum Gasteiger partial charge on any atom is 0.397 e. The topological polar surface area (TPSA) is 178 Å². The van der Waals surface area contributed by atoms with E-state index in [2.05, 4.69) is 115 Å². The first kappa shape index (κ1) is 61.0. The van der Waals surface area contributed by atoms with E-state index >= 15 is 0 Å². The Morgan fingerprint density at radius 1 is 0.576 bits per heavy atom. The van der Waals surface area contributed by atoms with Gasteiger partial charge in [0, 0.05) is 13.0 Å². The molecule has 1 rings (SSSR count). The molecular weight excluding hydrogens is 861 g/mol. The van der Waals surface area contributed by atoms with Crippen molar-refractivity contribution in [1.29, 1.82) is 0 Å². The van der Waals surface area contributed by atoms with Crippen LogP contribution in [-0.4, -0.2) is 97.5 Å². The predicted molar refractivity (Wildman–Crippen MR) is 266 cm³/mol. The average Bonchev–Trinajstić information content (AvgIpc) is 3.29. The number of ether oxygens (including phenoxy) is 4. The maximum atomic E-state index is 12.9. The van der Waals surface area contributed by atoms with Gasteiger partial charge in [-0.3, -0.25) is 9.35 Å². The van der Waals surface area contributed by atoms with E-state index in [-0.39, 0.29) is 19.6 Å². The van der Waals surface area contributed by atoms with Crippen LogP contribution in [0, 0.1) is 0 Å². The number of rotatable bonds is 42. The molecule has 1 aliphatic rings. The van der Waals surface area contributed by atoms with E-state index < -0.39 is 59.8 Å². The third kappa shape index (κ3) is 36.1. The fourth-order valence-corrected chi connectivity index (χ4v) is 7.52. The van der Waals surface area contributed by atoms with Gasteiger partial charge in [-0.25, -0.2) is 4.18 Å². The molecule has 66 heavy (non-hydrogen) atoms. The number of hydrogen-bond donors (Lipinski definition) is 4. The lowest BCUT2D eigenvalue weighted by atomic mass is 9.99. The van der Waals surface area contributed by atoms with Crippen molar-refractivity contribution >= 4 is 16.4 Å². The summed E-state index contributed by atoms with van der Waals surface area (Å²) in [5.41, 5.74) is 0. The minimum absolute atomic E-state index is 0.0109. The molecule has 0 aliphatic carbocycles. The number of carbonyl (C=O) groups excluding carboxylic acids is 1. The number of hydrogen-bond acceptors (Lipinski definition) is 11.